The third-order valence-electron chi connectivity index (χ3n) is 9.20. The molecule has 0 saturated carbocycles. The third kappa shape index (κ3) is 33.2. The summed E-state index contributed by atoms with van der Waals surface area (Å²) < 4.78 is 17.0. The Bertz CT molecular complexity index is 731. The summed E-state index contributed by atoms with van der Waals surface area (Å²) in [5.74, 6) is -0.668. The largest absolute Gasteiger partial charge is 0.465 e. The molecule has 0 aromatic rings. The van der Waals surface area contributed by atoms with Crippen molar-refractivity contribution >= 4 is 57.6 Å². The lowest BCUT2D eigenvalue weighted by Gasteiger charge is -2.23. The average Bonchev–Trinajstić information content (AvgIpc) is 3.13. The Balaban J connectivity index is 4.75. The summed E-state index contributed by atoms with van der Waals surface area (Å²) >= 11 is 4.54. The maximum Gasteiger partial charge on any atom is 0.319 e. The fourth-order valence-corrected chi connectivity index (χ4v) is 18.9. The number of ether oxygens (including phenoxy) is 3. The van der Waals surface area contributed by atoms with Crippen molar-refractivity contribution in [1.29, 1.82) is 0 Å². The van der Waals surface area contributed by atoms with Gasteiger partial charge in [0.25, 0.3) is 0 Å². The van der Waals surface area contributed by atoms with Crippen LogP contribution in [0, 0.1) is 0 Å². The lowest BCUT2D eigenvalue weighted by atomic mass is 10.1. The summed E-state index contributed by atoms with van der Waals surface area (Å²) in [6, 6.07) is 0. The summed E-state index contributed by atoms with van der Waals surface area (Å²) in [6.45, 7) is 13.7. The molecule has 0 rings (SSSR count). The number of unbranched alkanes of at least 4 members (excludes halogenated alkanes) is 24. The van der Waals surface area contributed by atoms with Crippen molar-refractivity contribution in [1.82, 2.24) is 0 Å². The Morgan fingerprint density at radius 3 is 0.769 bits per heavy atom. The molecule has 0 bridgehead atoms. The van der Waals surface area contributed by atoms with Crippen molar-refractivity contribution in [3.8, 4) is 0 Å². The minimum Gasteiger partial charge on any atom is -0.465 e. The van der Waals surface area contributed by atoms with Crippen LogP contribution in [-0.4, -0.2) is 53.5 Å². The molecule has 0 aliphatic carbocycles. The van der Waals surface area contributed by atoms with Gasteiger partial charge in [0.15, 0.2) is 0 Å². The summed E-state index contributed by atoms with van der Waals surface area (Å²) in [5.41, 5.74) is -1.03. The molecule has 0 aliphatic rings. The van der Waals surface area contributed by atoms with Gasteiger partial charge in [0, 0.05) is 0 Å². The molecule has 0 radical (unpaired) electrons. The van der Waals surface area contributed by atoms with Gasteiger partial charge >= 0.3 is 17.9 Å². The Kier molecular flexibility index (Phi) is 39.1. The van der Waals surface area contributed by atoms with Crippen LogP contribution in [0.2, 0.25) is 0 Å². The summed E-state index contributed by atoms with van der Waals surface area (Å²) in [7, 11) is 0. The standard InChI is InChI=1S/C42H81O6PS3/c1-7-10-13-16-19-22-25-28-31-34-46-40(43)37(4)50-49(51-38(5)41(44)47-35-32-29-26-23-20-17-14-11-8-2)52-39(6)42(45)48-36-33-30-27-24-21-18-15-12-9-3/h37-39H,7-36H2,1-6H3. The lowest BCUT2D eigenvalue weighted by molar-refractivity contribution is -0.143. The number of rotatable bonds is 39. The van der Waals surface area contributed by atoms with E-state index in [2.05, 4.69) is 20.8 Å². The predicted molar refractivity (Wildman–Crippen MR) is 233 cm³/mol. The van der Waals surface area contributed by atoms with Crippen LogP contribution in [0.1, 0.15) is 215 Å². The zero-order chi connectivity index (χ0) is 38.5. The fraction of sp³-hybridized carbons (Fsp3) is 0.929. The van der Waals surface area contributed by atoms with Crippen LogP contribution in [0.4, 0.5) is 0 Å². The smallest absolute Gasteiger partial charge is 0.319 e. The molecule has 0 fully saturated rings. The minimum atomic E-state index is -1.03. The maximum absolute atomic E-state index is 12.9. The van der Waals surface area contributed by atoms with Gasteiger partial charge in [0.05, 0.1) is 25.3 Å². The van der Waals surface area contributed by atoms with Crippen molar-refractivity contribution in [2.45, 2.75) is 231 Å². The second kappa shape index (κ2) is 39.1. The van der Waals surface area contributed by atoms with Gasteiger partial charge < -0.3 is 14.2 Å². The van der Waals surface area contributed by atoms with Crippen molar-refractivity contribution in [2.75, 3.05) is 19.8 Å². The van der Waals surface area contributed by atoms with Crippen LogP contribution in [0.3, 0.4) is 0 Å². The SMILES string of the molecule is CCCCCCCCCCCOC(=O)C(C)SP(SC(C)C(=O)OCCCCCCCCCCC)SC(C)C(=O)OCCCCCCCCCCC. The fourth-order valence-electron chi connectivity index (χ4n) is 5.70. The molecule has 0 amide bonds. The number of hydrogen-bond donors (Lipinski definition) is 0. The normalized spacial score (nSPS) is 13.7. The van der Waals surface area contributed by atoms with Gasteiger partial charge in [-0.15, -0.1) is 0 Å². The van der Waals surface area contributed by atoms with Crippen molar-refractivity contribution in [3.05, 3.63) is 0 Å². The van der Waals surface area contributed by atoms with E-state index in [1.54, 1.807) is 0 Å². The molecule has 0 aromatic carbocycles. The van der Waals surface area contributed by atoms with E-state index in [0.717, 1.165) is 38.5 Å². The van der Waals surface area contributed by atoms with Crippen LogP contribution in [0.25, 0.3) is 0 Å². The van der Waals surface area contributed by atoms with Crippen molar-refractivity contribution in [3.63, 3.8) is 0 Å². The van der Waals surface area contributed by atoms with Crippen molar-refractivity contribution < 1.29 is 28.6 Å². The molecule has 0 aromatic heterocycles. The van der Waals surface area contributed by atoms with Gasteiger partial charge in [-0.3, -0.25) is 14.4 Å². The Labute approximate surface area is 335 Å². The molecule has 10 heteroatoms. The van der Waals surface area contributed by atoms with E-state index in [0.29, 0.717) is 19.8 Å². The molecular weight excluding hydrogens is 728 g/mol. The first-order valence-electron chi connectivity index (χ1n) is 21.6. The number of esters is 3. The zero-order valence-electron chi connectivity index (χ0n) is 34.6. The second-order valence-electron chi connectivity index (χ2n) is 14.5. The van der Waals surface area contributed by atoms with Gasteiger partial charge in [-0.1, -0.05) is 209 Å². The Morgan fingerprint density at radius 1 is 0.365 bits per heavy atom. The van der Waals surface area contributed by atoms with Crippen LogP contribution >= 0.6 is 39.7 Å². The van der Waals surface area contributed by atoms with Crippen LogP contribution in [0.5, 0.6) is 0 Å². The molecule has 3 atom stereocenters. The van der Waals surface area contributed by atoms with Crippen LogP contribution in [0.15, 0.2) is 0 Å². The molecule has 308 valence electrons. The van der Waals surface area contributed by atoms with E-state index in [-0.39, 0.29) is 33.7 Å². The highest BCUT2D eigenvalue weighted by molar-refractivity contribution is 9.12. The summed E-state index contributed by atoms with van der Waals surface area (Å²) in [5, 5.41) is -1.17. The Morgan fingerprint density at radius 2 is 0.558 bits per heavy atom. The molecule has 52 heavy (non-hydrogen) atoms. The van der Waals surface area contributed by atoms with Gasteiger partial charge in [-0.2, -0.15) is 0 Å². The molecule has 0 spiro atoms. The van der Waals surface area contributed by atoms with E-state index in [4.69, 9.17) is 14.2 Å². The van der Waals surface area contributed by atoms with E-state index >= 15 is 0 Å². The van der Waals surface area contributed by atoms with Gasteiger partial charge in [-0.05, 0) is 40.0 Å². The quantitative estimate of drug-likeness (QED) is 0.0261. The molecule has 0 aliphatic heterocycles. The van der Waals surface area contributed by atoms with E-state index in [9.17, 15) is 14.4 Å². The third-order valence-corrected chi connectivity index (χ3v) is 20.3. The number of carbonyl (C=O) groups excluding carboxylic acids is 3. The highest BCUT2D eigenvalue weighted by Gasteiger charge is 2.30. The summed E-state index contributed by atoms with van der Waals surface area (Å²) in [6.07, 6.45) is 32.9. The van der Waals surface area contributed by atoms with Gasteiger partial charge in [0.1, 0.15) is 15.7 Å². The minimum absolute atomic E-state index is 0.223. The van der Waals surface area contributed by atoms with E-state index in [1.807, 2.05) is 20.8 Å². The Hall–Kier alpha value is -0.110. The van der Waals surface area contributed by atoms with Crippen LogP contribution in [-0.2, 0) is 28.6 Å². The average molecular weight is 809 g/mol. The highest BCUT2D eigenvalue weighted by Crippen LogP contribution is 2.73. The highest BCUT2D eigenvalue weighted by atomic mass is 33.4. The first-order chi connectivity index (χ1) is 25.3. The first-order valence-corrected chi connectivity index (χ1v) is 27.4. The molecule has 0 N–H and O–H groups in total. The molecule has 0 heterocycles. The second-order valence-corrected chi connectivity index (χ2v) is 24.9. The van der Waals surface area contributed by atoms with Crippen LogP contribution < -0.4 is 0 Å². The molecule has 6 nitrogen and oxygen atoms in total. The van der Waals surface area contributed by atoms with Gasteiger partial charge in [-0.25, -0.2) is 0 Å². The molecular formula is C42H81O6PS3. The molecule has 0 saturated heterocycles. The first kappa shape index (κ1) is 51.9. The predicted octanol–water partition coefficient (Wildman–Crippen LogP) is 14.8. The number of hydrogen-bond acceptors (Lipinski definition) is 9. The lowest BCUT2D eigenvalue weighted by Crippen LogP contribution is -2.20. The number of carbonyl (C=O) groups is 3. The maximum atomic E-state index is 12.9. The van der Waals surface area contributed by atoms with Gasteiger partial charge in [0.2, 0.25) is 0 Å². The van der Waals surface area contributed by atoms with Crippen molar-refractivity contribution in [2.24, 2.45) is 0 Å². The summed E-state index contributed by atoms with van der Waals surface area (Å²) in [4.78, 5) is 38.8. The van der Waals surface area contributed by atoms with E-state index < -0.39 is 5.53 Å². The van der Waals surface area contributed by atoms with E-state index in [1.165, 1.54) is 169 Å². The monoisotopic (exact) mass is 808 g/mol. The zero-order valence-corrected chi connectivity index (χ0v) is 37.9. The molecule has 3 unspecified atom stereocenters. The topological polar surface area (TPSA) is 78.9 Å².